The van der Waals surface area contributed by atoms with Crippen LogP contribution in [0.5, 0.6) is 0 Å². The second kappa shape index (κ2) is 8.30. The summed E-state index contributed by atoms with van der Waals surface area (Å²) in [6.07, 6.45) is 6.80. The third kappa shape index (κ3) is 4.70. The Balaban J connectivity index is 1.37. The van der Waals surface area contributed by atoms with Crippen LogP contribution in [-0.4, -0.2) is 73.0 Å². The number of carbonyl (C=O) groups is 2. The molecule has 0 radical (unpaired) electrons. The van der Waals surface area contributed by atoms with E-state index in [2.05, 4.69) is 22.5 Å². The van der Waals surface area contributed by atoms with Crippen LogP contribution in [0, 0.1) is 5.92 Å². The van der Waals surface area contributed by atoms with Crippen molar-refractivity contribution >= 4 is 11.8 Å². The van der Waals surface area contributed by atoms with Gasteiger partial charge in [0.15, 0.2) is 0 Å². The Morgan fingerprint density at radius 2 is 1.88 bits per heavy atom. The van der Waals surface area contributed by atoms with Crippen molar-refractivity contribution in [2.75, 3.05) is 39.3 Å². The molecular weight excluding hydrogens is 304 g/mol. The van der Waals surface area contributed by atoms with Gasteiger partial charge in [-0.25, -0.2) is 0 Å². The Morgan fingerprint density at radius 1 is 1.08 bits per heavy atom. The summed E-state index contributed by atoms with van der Waals surface area (Å²) in [5, 5.41) is 6.48. The minimum atomic E-state index is 0.0214. The normalized spacial score (nSPS) is 31.9. The van der Waals surface area contributed by atoms with Crippen LogP contribution in [-0.2, 0) is 9.59 Å². The molecule has 2 unspecified atom stereocenters. The van der Waals surface area contributed by atoms with Gasteiger partial charge < -0.3 is 15.5 Å². The number of amides is 2. The fraction of sp³-hybridized carbons (Fsp3) is 0.889. The molecule has 0 aromatic carbocycles. The standard InChI is InChI=1S/C18H32N4O2/c1-14-4-2-5-15(12-14)20-17(23)13-21-8-10-22(11-9-21)18(24)16-6-3-7-19-16/h14-16,19H,2-13H2,1H3,(H,20,23)/t14?,15?,16-/m0/s1. The first-order valence-corrected chi connectivity index (χ1v) is 9.65. The van der Waals surface area contributed by atoms with Crippen LogP contribution in [0.25, 0.3) is 0 Å². The van der Waals surface area contributed by atoms with Crippen LogP contribution in [0.15, 0.2) is 0 Å². The van der Waals surface area contributed by atoms with E-state index in [1.54, 1.807) is 0 Å². The minimum absolute atomic E-state index is 0.0214. The molecule has 2 heterocycles. The molecule has 0 aromatic rings. The first-order chi connectivity index (χ1) is 11.6. The third-order valence-electron chi connectivity index (χ3n) is 5.71. The number of nitrogens with zero attached hydrogens (tertiary/aromatic N) is 2. The molecule has 136 valence electrons. The number of nitrogens with one attached hydrogen (secondary N) is 2. The maximum absolute atomic E-state index is 12.4. The molecule has 0 bridgehead atoms. The predicted molar refractivity (Wildman–Crippen MR) is 93.6 cm³/mol. The molecule has 1 aliphatic carbocycles. The molecule has 3 atom stereocenters. The van der Waals surface area contributed by atoms with Gasteiger partial charge in [-0.3, -0.25) is 14.5 Å². The van der Waals surface area contributed by atoms with Gasteiger partial charge in [-0.05, 0) is 38.1 Å². The Morgan fingerprint density at radius 3 is 2.54 bits per heavy atom. The van der Waals surface area contributed by atoms with Gasteiger partial charge >= 0.3 is 0 Å². The summed E-state index contributed by atoms with van der Waals surface area (Å²) in [6, 6.07) is 0.380. The predicted octanol–water partition coefficient (Wildman–Crippen LogP) is 0.578. The van der Waals surface area contributed by atoms with Gasteiger partial charge in [0.25, 0.3) is 0 Å². The lowest BCUT2D eigenvalue weighted by molar-refractivity contribution is -0.135. The van der Waals surface area contributed by atoms with Crippen LogP contribution in [0.3, 0.4) is 0 Å². The van der Waals surface area contributed by atoms with Crippen molar-refractivity contribution in [1.82, 2.24) is 20.4 Å². The van der Waals surface area contributed by atoms with Crippen molar-refractivity contribution in [3.8, 4) is 0 Å². The summed E-state index contributed by atoms with van der Waals surface area (Å²) in [7, 11) is 0. The molecule has 2 amide bonds. The summed E-state index contributed by atoms with van der Waals surface area (Å²) in [4.78, 5) is 28.8. The van der Waals surface area contributed by atoms with E-state index in [9.17, 15) is 9.59 Å². The van der Waals surface area contributed by atoms with Crippen molar-refractivity contribution in [3.63, 3.8) is 0 Å². The molecule has 6 nitrogen and oxygen atoms in total. The van der Waals surface area contributed by atoms with Gasteiger partial charge in [-0.2, -0.15) is 0 Å². The van der Waals surface area contributed by atoms with Gasteiger partial charge in [0.1, 0.15) is 0 Å². The SMILES string of the molecule is CC1CCCC(NC(=O)CN2CCN(C(=O)[C@@H]3CCCN3)CC2)C1. The largest absolute Gasteiger partial charge is 0.352 e. The molecule has 2 aliphatic heterocycles. The number of hydrogen-bond donors (Lipinski definition) is 2. The van der Waals surface area contributed by atoms with E-state index in [0.717, 1.165) is 64.3 Å². The fourth-order valence-electron chi connectivity index (χ4n) is 4.28. The van der Waals surface area contributed by atoms with Crippen molar-refractivity contribution in [1.29, 1.82) is 0 Å². The van der Waals surface area contributed by atoms with Crippen molar-refractivity contribution in [3.05, 3.63) is 0 Å². The lowest BCUT2D eigenvalue weighted by Gasteiger charge is -2.36. The Kier molecular flexibility index (Phi) is 6.11. The van der Waals surface area contributed by atoms with Crippen molar-refractivity contribution < 1.29 is 9.59 Å². The summed E-state index contributed by atoms with van der Waals surface area (Å²) >= 11 is 0. The fourth-order valence-corrected chi connectivity index (χ4v) is 4.28. The summed E-state index contributed by atoms with van der Waals surface area (Å²) in [5.41, 5.74) is 0. The maximum Gasteiger partial charge on any atom is 0.239 e. The second-order valence-corrected chi connectivity index (χ2v) is 7.79. The smallest absolute Gasteiger partial charge is 0.239 e. The highest BCUT2D eigenvalue weighted by Gasteiger charge is 2.29. The zero-order valence-corrected chi connectivity index (χ0v) is 14.9. The van der Waals surface area contributed by atoms with E-state index in [0.29, 0.717) is 12.6 Å². The minimum Gasteiger partial charge on any atom is -0.352 e. The van der Waals surface area contributed by atoms with Crippen LogP contribution in [0.2, 0.25) is 0 Å². The van der Waals surface area contributed by atoms with E-state index < -0.39 is 0 Å². The molecule has 3 aliphatic rings. The van der Waals surface area contributed by atoms with E-state index in [1.165, 1.54) is 12.8 Å². The topological polar surface area (TPSA) is 64.7 Å². The second-order valence-electron chi connectivity index (χ2n) is 7.79. The number of rotatable bonds is 4. The lowest BCUT2D eigenvalue weighted by Crippen LogP contribution is -2.54. The first kappa shape index (κ1) is 17.7. The Bertz CT molecular complexity index is 442. The molecule has 2 N–H and O–H groups in total. The molecule has 2 saturated heterocycles. The highest BCUT2D eigenvalue weighted by Crippen LogP contribution is 2.23. The van der Waals surface area contributed by atoms with E-state index in [1.807, 2.05) is 4.90 Å². The van der Waals surface area contributed by atoms with Crippen LogP contribution >= 0.6 is 0 Å². The van der Waals surface area contributed by atoms with Crippen LogP contribution < -0.4 is 10.6 Å². The summed E-state index contributed by atoms with van der Waals surface area (Å²) in [6.45, 7) is 6.77. The number of carbonyl (C=O) groups excluding carboxylic acids is 2. The van der Waals surface area contributed by atoms with Crippen LogP contribution in [0.4, 0.5) is 0 Å². The van der Waals surface area contributed by atoms with Crippen molar-refractivity contribution in [2.45, 2.75) is 57.5 Å². The first-order valence-electron chi connectivity index (χ1n) is 9.65. The lowest BCUT2D eigenvalue weighted by atomic mass is 9.87. The number of hydrogen-bond acceptors (Lipinski definition) is 4. The monoisotopic (exact) mass is 336 g/mol. The zero-order chi connectivity index (χ0) is 16.9. The van der Waals surface area contributed by atoms with Gasteiger partial charge in [-0.1, -0.05) is 19.8 Å². The van der Waals surface area contributed by atoms with Gasteiger partial charge in [0.05, 0.1) is 12.6 Å². The molecule has 3 rings (SSSR count). The molecular formula is C18H32N4O2. The van der Waals surface area contributed by atoms with Crippen molar-refractivity contribution in [2.24, 2.45) is 5.92 Å². The van der Waals surface area contributed by atoms with Gasteiger partial charge in [0, 0.05) is 32.2 Å². The molecule has 6 heteroatoms. The molecule has 0 aromatic heterocycles. The van der Waals surface area contributed by atoms with Gasteiger partial charge in [-0.15, -0.1) is 0 Å². The molecule has 24 heavy (non-hydrogen) atoms. The van der Waals surface area contributed by atoms with E-state index >= 15 is 0 Å². The Hall–Kier alpha value is -1.14. The summed E-state index contributed by atoms with van der Waals surface area (Å²) in [5.74, 6) is 1.11. The highest BCUT2D eigenvalue weighted by atomic mass is 16.2. The van der Waals surface area contributed by atoms with Gasteiger partial charge in [0.2, 0.25) is 11.8 Å². The van der Waals surface area contributed by atoms with Crippen LogP contribution in [0.1, 0.15) is 45.4 Å². The van der Waals surface area contributed by atoms with E-state index in [4.69, 9.17) is 0 Å². The average Bonchev–Trinajstić information content (AvgIpc) is 3.09. The quantitative estimate of drug-likeness (QED) is 0.788. The zero-order valence-electron chi connectivity index (χ0n) is 14.9. The highest BCUT2D eigenvalue weighted by molar-refractivity contribution is 5.82. The summed E-state index contributed by atoms with van der Waals surface area (Å²) < 4.78 is 0. The maximum atomic E-state index is 12.4. The molecule has 0 spiro atoms. The average molecular weight is 336 g/mol. The third-order valence-corrected chi connectivity index (χ3v) is 5.71. The Labute approximate surface area is 145 Å². The number of piperazine rings is 1. The molecule has 3 fully saturated rings. The molecule has 1 saturated carbocycles. The van der Waals surface area contributed by atoms with E-state index in [-0.39, 0.29) is 17.9 Å².